The van der Waals surface area contributed by atoms with E-state index >= 15 is 0 Å². The van der Waals surface area contributed by atoms with Crippen LogP contribution in [0.15, 0.2) is 4.52 Å². The fourth-order valence-electron chi connectivity index (χ4n) is 2.25. The Labute approximate surface area is 100 Å². The van der Waals surface area contributed by atoms with E-state index in [0.29, 0.717) is 0 Å². The molecule has 1 aromatic heterocycles. The Morgan fingerprint density at radius 2 is 2.19 bits per heavy atom. The van der Waals surface area contributed by atoms with Crippen molar-refractivity contribution in [2.75, 3.05) is 6.26 Å². The average molecular weight is 241 g/mol. The van der Waals surface area contributed by atoms with Crippen molar-refractivity contribution >= 4 is 11.8 Å². The molecule has 1 aromatic rings. The van der Waals surface area contributed by atoms with Gasteiger partial charge >= 0.3 is 0 Å². The zero-order valence-electron chi connectivity index (χ0n) is 9.69. The summed E-state index contributed by atoms with van der Waals surface area (Å²) in [5.74, 6) is 2.62. The molecule has 2 unspecified atom stereocenters. The molecule has 1 saturated carbocycles. The lowest BCUT2D eigenvalue weighted by Crippen LogP contribution is -2.27. The van der Waals surface area contributed by atoms with Crippen LogP contribution in [0.1, 0.15) is 49.7 Å². The number of aromatic nitrogens is 2. The molecule has 1 aliphatic rings. The lowest BCUT2D eigenvalue weighted by molar-refractivity contribution is 0.324. The van der Waals surface area contributed by atoms with Gasteiger partial charge in [0.25, 0.3) is 0 Å². The first-order valence-electron chi connectivity index (χ1n) is 5.88. The Balaban J connectivity index is 2.08. The SMILES string of the molecule is CSCc1noc(C2CCCCCC2N)n1. The second-order valence-corrected chi connectivity index (χ2v) is 5.26. The Kier molecular flexibility index (Phi) is 4.23. The summed E-state index contributed by atoms with van der Waals surface area (Å²) in [4.78, 5) is 4.44. The van der Waals surface area contributed by atoms with Gasteiger partial charge in [0.2, 0.25) is 5.89 Å². The molecule has 0 aliphatic heterocycles. The lowest BCUT2D eigenvalue weighted by atomic mass is 9.95. The number of nitrogens with zero attached hydrogens (tertiary/aromatic N) is 2. The Bertz CT molecular complexity index is 329. The van der Waals surface area contributed by atoms with Crippen molar-refractivity contribution in [3.8, 4) is 0 Å². The van der Waals surface area contributed by atoms with E-state index < -0.39 is 0 Å². The summed E-state index contributed by atoms with van der Waals surface area (Å²) in [5, 5.41) is 3.98. The van der Waals surface area contributed by atoms with E-state index in [1.54, 1.807) is 11.8 Å². The van der Waals surface area contributed by atoms with Crippen LogP contribution in [0.4, 0.5) is 0 Å². The van der Waals surface area contributed by atoms with Gasteiger partial charge < -0.3 is 10.3 Å². The Hall–Kier alpha value is -0.550. The normalized spacial score (nSPS) is 26.6. The summed E-state index contributed by atoms with van der Waals surface area (Å²) in [5.41, 5.74) is 6.16. The summed E-state index contributed by atoms with van der Waals surface area (Å²) in [6, 6.07) is 0.185. The summed E-state index contributed by atoms with van der Waals surface area (Å²) in [7, 11) is 0. The molecule has 1 heterocycles. The summed E-state index contributed by atoms with van der Waals surface area (Å²) in [6.45, 7) is 0. The minimum Gasteiger partial charge on any atom is -0.339 e. The van der Waals surface area contributed by atoms with Crippen molar-refractivity contribution in [1.29, 1.82) is 0 Å². The molecule has 0 bridgehead atoms. The molecule has 0 saturated heterocycles. The van der Waals surface area contributed by atoms with Gasteiger partial charge in [0, 0.05) is 6.04 Å². The minimum absolute atomic E-state index is 0.185. The zero-order chi connectivity index (χ0) is 11.4. The standard InChI is InChI=1S/C11H19N3OS/c1-16-7-10-13-11(15-14-10)8-5-3-2-4-6-9(8)12/h8-9H,2-7,12H2,1H3. The third kappa shape index (κ3) is 2.77. The van der Waals surface area contributed by atoms with Crippen molar-refractivity contribution < 1.29 is 4.52 Å². The maximum Gasteiger partial charge on any atom is 0.231 e. The van der Waals surface area contributed by atoms with E-state index in [9.17, 15) is 0 Å². The van der Waals surface area contributed by atoms with Gasteiger partial charge in [0.15, 0.2) is 5.82 Å². The summed E-state index contributed by atoms with van der Waals surface area (Å²) < 4.78 is 5.33. The Morgan fingerprint density at radius 3 is 3.00 bits per heavy atom. The van der Waals surface area contributed by atoms with Crippen LogP contribution in [0, 0.1) is 0 Å². The van der Waals surface area contributed by atoms with E-state index in [2.05, 4.69) is 10.1 Å². The molecule has 4 nitrogen and oxygen atoms in total. The van der Waals surface area contributed by atoms with Gasteiger partial charge in [-0.25, -0.2) is 0 Å². The van der Waals surface area contributed by atoms with Gasteiger partial charge in [-0.05, 0) is 19.1 Å². The molecule has 16 heavy (non-hydrogen) atoms. The van der Waals surface area contributed by atoms with E-state index in [0.717, 1.165) is 30.3 Å². The van der Waals surface area contributed by atoms with Crippen LogP contribution in [-0.2, 0) is 5.75 Å². The van der Waals surface area contributed by atoms with Gasteiger partial charge in [-0.2, -0.15) is 16.7 Å². The molecule has 90 valence electrons. The maximum atomic E-state index is 6.16. The first-order chi connectivity index (χ1) is 7.81. The predicted octanol–water partition coefficient (Wildman–Crippen LogP) is 2.31. The van der Waals surface area contributed by atoms with Gasteiger partial charge in [0.05, 0.1) is 11.7 Å². The van der Waals surface area contributed by atoms with Crippen molar-refractivity contribution in [2.24, 2.45) is 5.73 Å². The number of rotatable bonds is 3. The molecule has 5 heteroatoms. The van der Waals surface area contributed by atoms with E-state index in [1.165, 1.54) is 19.3 Å². The van der Waals surface area contributed by atoms with Crippen LogP contribution in [0.25, 0.3) is 0 Å². The Morgan fingerprint density at radius 1 is 1.38 bits per heavy atom. The molecular formula is C11H19N3OS. The molecule has 1 fully saturated rings. The number of hydrogen-bond donors (Lipinski definition) is 1. The first-order valence-corrected chi connectivity index (χ1v) is 7.27. The smallest absolute Gasteiger partial charge is 0.231 e. The molecule has 2 N–H and O–H groups in total. The van der Waals surface area contributed by atoms with E-state index in [-0.39, 0.29) is 12.0 Å². The van der Waals surface area contributed by atoms with Crippen LogP contribution in [-0.4, -0.2) is 22.4 Å². The fourth-order valence-corrected chi connectivity index (χ4v) is 2.62. The summed E-state index contributed by atoms with van der Waals surface area (Å²) >= 11 is 1.70. The number of thioether (sulfide) groups is 1. The highest BCUT2D eigenvalue weighted by Gasteiger charge is 2.26. The second-order valence-electron chi connectivity index (χ2n) is 4.39. The predicted molar refractivity (Wildman–Crippen MR) is 65.3 cm³/mol. The second kappa shape index (κ2) is 5.68. The number of nitrogens with two attached hydrogens (primary N) is 1. The largest absolute Gasteiger partial charge is 0.339 e. The molecule has 0 aromatic carbocycles. The first kappa shape index (κ1) is 11.9. The van der Waals surface area contributed by atoms with E-state index in [4.69, 9.17) is 10.3 Å². The lowest BCUT2D eigenvalue weighted by Gasteiger charge is -2.16. The zero-order valence-corrected chi connectivity index (χ0v) is 10.5. The molecule has 2 rings (SSSR count). The van der Waals surface area contributed by atoms with Crippen LogP contribution >= 0.6 is 11.8 Å². The van der Waals surface area contributed by atoms with Gasteiger partial charge in [-0.3, -0.25) is 0 Å². The van der Waals surface area contributed by atoms with Crippen LogP contribution in [0.3, 0.4) is 0 Å². The van der Waals surface area contributed by atoms with Crippen LogP contribution < -0.4 is 5.73 Å². The highest BCUT2D eigenvalue weighted by atomic mass is 32.2. The summed E-state index contributed by atoms with van der Waals surface area (Å²) in [6.07, 6.45) is 7.92. The fraction of sp³-hybridized carbons (Fsp3) is 0.818. The van der Waals surface area contributed by atoms with Crippen molar-refractivity contribution in [1.82, 2.24) is 10.1 Å². The van der Waals surface area contributed by atoms with Crippen molar-refractivity contribution in [3.05, 3.63) is 11.7 Å². The van der Waals surface area contributed by atoms with Gasteiger partial charge in [-0.15, -0.1) is 0 Å². The maximum absolute atomic E-state index is 6.16. The molecule has 0 radical (unpaired) electrons. The highest BCUT2D eigenvalue weighted by Crippen LogP contribution is 2.30. The molecule has 1 aliphatic carbocycles. The van der Waals surface area contributed by atoms with Crippen molar-refractivity contribution in [3.63, 3.8) is 0 Å². The van der Waals surface area contributed by atoms with Gasteiger partial charge in [-0.1, -0.05) is 24.4 Å². The third-order valence-electron chi connectivity index (χ3n) is 3.14. The minimum atomic E-state index is 0.185. The van der Waals surface area contributed by atoms with Crippen molar-refractivity contribution in [2.45, 2.75) is 49.8 Å². The molecule has 0 spiro atoms. The monoisotopic (exact) mass is 241 g/mol. The van der Waals surface area contributed by atoms with E-state index in [1.807, 2.05) is 6.26 Å². The third-order valence-corrected chi connectivity index (χ3v) is 3.69. The average Bonchev–Trinajstić information content (AvgIpc) is 2.61. The molecule has 0 amide bonds. The molecular weight excluding hydrogens is 222 g/mol. The number of hydrogen-bond acceptors (Lipinski definition) is 5. The molecule has 2 atom stereocenters. The highest BCUT2D eigenvalue weighted by molar-refractivity contribution is 7.97. The quantitative estimate of drug-likeness (QED) is 0.823. The van der Waals surface area contributed by atoms with Gasteiger partial charge in [0.1, 0.15) is 0 Å². The topological polar surface area (TPSA) is 64.9 Å². The van der Waals surface area contributed by atoms with Crippen LogP contribution in [0.5, 0.6) is 0 Å². The van der Waals surface area contributed by atoms with Crippen LogP contribution in [0.2, 0.25) is 0 Å².